The van der Waals surface area contributed by atoms with Crippen LogP contribution in [-0.2, 0) is 19.1 Å². The van der Waals surface area contributed by atoms with Gasteiger partial charge in [0.05, 0.1) is 21.9 Å². The van der Waals surface area contributed by atoms with Crippen LogP contribution in [0.4, 0.5) is 30.2 Å². The van der Waals surface area contributed by atoms with Crippen molar-refractivity contribution < 1.29 is 57.3 Å². The number of nitro benzene ring substituents is 3. The monoisotopic (exact) mass is 647 g/mol. The van der Waals surface area contributed by atoms with Crippen molar-refractivity contribution >= 4 is 53.2 Å². The highest BCUT2D eigenvalue weighted by Crippen LogP contribution is 2.18. The highest BCUT2D eigenvalue weighted by atomic mass is 19.1. The van der Waals surface area contributed by atoms with E-state index in [0.29, 0.717) is 0 Å². The van der Waals surface area contributed by atoms with Gasteiger partial charge in [0.15, 0.2) is 0 Å². The van der Waals surface area contributed by atoms with E-state index >= 15 is 0 Å². The molecule has 0 unspecified atom stereocenters. The lowest BCUT2D eigenvalue weighted by Crippen LogP contribution is -2.00. The Kier molecular flexibility index (Phi) is 14.6. The summed E-state index contributed by atoms with van der Waals surface area (Å²) >= 11 is 0. The van der Waals surface area contributed by atoms with Crippen molar-refractivity contribution in [3.8, 4) is 0 Å². The van der Waals surface area contributed by atoms with Gasteiger partial charge in [-0.1, -0.05) is 36.4 Å². The first kappa shape index (κ1) is 37.3. The molecule has 0 aromatic heterocycles. The molecule has 46 heavy (non-hydrogen) atoms. The zero-order chi connectivity index (χ0) is 35.0. The minimum Gasteiger partial charge on any atom is -0.476 e. The number of ether oxygens (including phenoxy) is 1. The molecule has 0 amide bonds. The zero-order valence-electron chi connectivity index (χ0n) is 23.1. The first-order valence-electron chi connectivity index (χ1n) is 12.0. The van der Waals surface area contributed by atoms with Crippen LogP contribution < -0.4 is 0 Å². The van der Waals surface area contributed by atoms with Crippen LogP contribution in [0.1, 0.15) is 16.7 Å². The molecule has 3 aromatic carbocycles. The number of methoxy groups -OCH3 is 1. The molecular formula is C28H20F3N3O12. The molecule has 0 bridgehead atoms. The molecule has 0 atom stereocenters. The SMILES string of the molecule is COC(=O)/C(F)=C/c1cccc([N+](=O)[O-])c1.O=C(O)/C(F)=C/c1cccc([N+](=O)[O-])c1.O=C(O)/C(F)=C\c1cccc([N+](=O)[O-])c1. The van der Waals surface area contributed by atoms with Gasteiger partial charge in [0.1, 0.15) is 0 Å². The predicted octanol–water partition coefficient (Wildman–Crippen LogP) is 6.06. The maximum atomic E-state index is 13.0. The Labute approximate surface area is 255 Å². The van der Waals surface area contributed by atoms with Crippen molar-refractivity contribution in [1.29, 1.82) is 0 Å². The first-order valence-corrected chi connectivity index (χ1v) is 12.0. The molecule has 0 saturated heterocycles. The van der Waals surface area contributed by atoms with Crippen molar-refractivity contribution in [3.63, 3.8) is 0 Å². The lowest BCUT2D eigenvalue weighted by molar-refractivity contribution is -0.385. The van der Waals surface area contributed by atoms with E-state index in [2.05, 4.69) is 4.74 Å². The average molecular weight is 647 g/mol. The van der Waals surface area contributed by atoms with Crippen molar-refractivity contribution in [1.82, 2.24) is 0 Å². The fourth-order valence-corrected chi connectivity index (χ4v) is 2.90. The van der Waals surface area contributed by atoms with Crippen LogP contribution in [0.2, 0.25) is 0 Å². The summed E-state index contributed by atoms with van der Waals surface area (Å²) < 4.78 is 42.4. The Balaban J connectivity index is 0.000000345. The topological polar surface area (TPSA) is 230 Å². The smallest absolute Gasteiger partial charge is 0.366 e. The largest absolute Gasteiger partial charge is 0.476 e. The highest BCUT2D eigenvalue weighted by Gasteiger charge is 2.11. The van der Waals surface area contributed by atoms with E-state index in [-0.39, 0.29) is 33.8 Å². The minimum absolute atomic E-state index is 0.129. The molecule has 15 nitrogen and oxygen atoms in total. The number of hydrogen-bond donors (Lipinski definition) is 2. The Hall–Kier alpha value is -6.72. The van der Waals surface area contributed by atoms with Gasteiger partial charge in [0.25, 0.3) is 17.1 Å². The molecule has 0 spiro atoms. The Morgan fingerprint density at radius 3 is 1.13 bits per heavy atom. The van der Waals surface area contributed by atoms with E-state index in [1.807, 2.05) is 0 Å². The quantitative estimate of drug-likeness (QED) is 0.117. The molecule has 0 heterocycles. The second-order valence-corrected chi connectivity index (χ2v) is 8.14. The molecule has 3 aromatic rings. The number of benzene rings is 3. The highest BCUT2D eigenvalue weighted by molar-refractivity contribution is 5.91. The number of nitrogens with zero attached hydrogens (tertiary/aromatic N) is 3. The third-order valence-electron chi connectivity index (χ3n) is 4.91. The summed E-state index contributed by atoms with van der Waals surface area (Å²) in [6, 6.07) is 15.3. The van der Waals surface area contributed by atoms with Crippen LogP contribution in [0.25, 0.3) is 18.2 Å². The van der Waals surface area contributed by atoms with Crippen LogP contribution in [0.3, 0.4) is 0 Å². The second-order valence-electron chi connectivity index (χ2n) is 8.14. The van der Waals surface area contributed by atoms with Gasteiger partial charge >= 0.3 is 17.9 Å². The van der Waals surface area contributed by atoms with Gasteiger partial charge in [-0.25, -0.2) is 14.4 Å². The third-order valence-corrected chi connectivity index (χ3v) is 4.91. The molecule has 2 N–H and O–H groups in total. The summed E-state index contributed by atoms with van der Waals surface area (Å²) in [6.45, 7) is 0. The number of rotatable bonds is 9. The second kappa shape index (κ2) is 18.1. The van der Waals surface area contributed by atoms with Gasteiger partial charge in [0.2, 0.25) is 17.5 Å². The van der Waals surface area contributed by atoms with Gasteiger partial charge in [-0.05, 0) is 34.9 Å². The number of carboxylic acid groups (broad SMARTS) is 2. The number of hydrogen-bond acceptors (Lipinski definition) is 10. The summed E-state index contributed by atoms with van der Waals surface area (Å²) in [5.74, 6) is -8.37. The lowest BCUT2D eigenvalue weighted by atomic mass is 10.2. The number of carbonyl (C=O) groups is 3. The zero-order valence-corrected chi connectivity index (χ0v) is 23.1. The fraction of sp³-hybridized carbons (Fsp3) is 0.0357. The van der Waals surface area contributed by atoms with Crippen molar-refractivity contribution in [2.24, 2.45) is 0 Å². The van der Waals surface area contributed by atoms with E-state index in [1.54, 1.807) is 0 Å². The van der Waals surface area contributed by atoms with E-state index in [9.17, 15) is 57.9 Å². The van der Waals surface area contributed by atoms with Crippen LogP contribution in [0.5, 0.6) is 0 Å². The minimum atomic E-state index is -1.71. The summed E-state index contributed by atoms with van der Waals surface area (Å²) in [6.07, 6.45) is 2.31. The van der Waals surface area contributed by atoms with Crippen LogP contribution in [0.15, 0.2) is 90.3 Å². The van der Waals surface area contributed by atoms with Crippen LogP contribution in [0, 0.1) is 30.3 Å². The molecular weight excluding hydrogens is 627 g/mol. The fourth-order valence-electron chi connectivity index (χ4n) is 2.90. The Bertz CT molecular complexity index is 1660. The van der Waals surface area contributed by atoms with E-state index < -0.39 is 50.2 Å². The maximum Gasteiger partial charge on any atom is 0.366 e. The van der Waals surface area contributed by atoms with Crippen molar-refractivity contribution in [3.05, 3.63) is 137 Å². The molecule has 0 aliphatic heterocycles. The standard InChI is InChI=1S/C10H8FNO4.2C9H6FNO4/c1-16-10(13)9(11)6-7-3-2-4-8(5-7)12(14)15;2*10-8(9(12)13)5-6-2-1-3-7(4-6)11(14)15/h2-6H,1H3;2*1-5H,(H,12,13)/b9-6-;8-5+;8-5-. The number of carboxylic acids is 2. The van der Waals surface area contributed by atoms with E-state index in [1.165, 1.54) is 54.6 Å². The van der Waals surface area contributed by atoms with E-state index in [4.69, 9.17) is 10.2 Å². The number of aliphatic carboxylic acids is 2. The number of nitro groups is 3. The molecule has 3 rings (SSSR count). The van der Waals surface area contributed by atoms with Crippen molar-refractivity contribution in [2.45, 2.75) is 0 Å². The maximum absolute atomic E-state index is 13.0. The number of carbonyl (C=O) groups excluding carboxylic acids is 1. The molecule has 0 saturated carbocycles. The molecule has 0 fully saturated rings. The average Bonchev–Trinajstić information content (AvgIpc) is 3.01. The summed E-state index contributed by atoms with van der Waals surface area (Å²) in [5, 5.41) is 47.6. The third kappa shape index (κ3) is 13.1. The predicted molar refractivity (Wildman–Crippen MR) is 154 cm³/mol. The molecule has 0 aliphatic carbocycles. The van der Waals surface area contributed by atoms with Gasteiger partial charge < -0.3 is 14.9 Å². The summed E-state index contributed by atoms with van der Waals surface area (Å²) in [7, 11) is 1.04. The normalized spacial score (nSPS) is 11.1. The number of esters is 1. The van der Waals surface area contributed by atoms with Gasteiger partial charge in [-0.3, -0.25) is 30.3 Å². The summed E-state index contributed by atoms with van der Waals surface area (Å²) in [4.78, 5) is 60.3. The first-order chi connectivity index (χ1) is 21.5. The summed E-state index contributed by atoms with van der Waals surface area (Å²) in [5.41, 5.74) is -0.138. The van der Waals surface area contributed by atoms with Gasteiger partial charge in [0, 0.05) is 36.4 Å². The van der Waals surface area contributed by atoms with Gasteiger partial charge in [-0.2, -0.15) is 13.2 Å². The molecule has 240 valence electrons. The Morgan fingerprint density at radius 2 is 0.891 bits per heavy atom. The molecule has 0 aliphatic rings. The van der Waals surface area contributed by atoms with Crippen molar-refractivity contribution in [2.75, 3.05) is 7.11 Å². The van der Waals surface area contributed by atoms with E-state index in [0.717, 1.165) is 43.5 Å². The van der Waals surface area contributed by atoms with Crippen LogP contribution >= 0.6 is 0 Å². The lowest BCUT2D eigenvalue weighted by Gasteiger charge is -1.96. The van der Waals surface area contributed by atoms with Gasteiger partial charge in [-0.15, -0.1) is 0 Å². The Morgan fingerprint density at radius 1 is 0.609 bits per heavy atom. The molecule has 0 radical (unpaired) electrons. The number of halogens is 3. The molecule has 18 heteroatoms. The van der Waals surface area contributed by atoms with Crippen LogP contribution in [-0.4, -0.2) is 50.0 Å². The number of non-ortho nitro benzene ring substituents is 3.